The third-order valence-electron chi connectivity index (χ3n) is 6.40. The summed E-state index contributed by atoms with van der Waals surface area (Å²) in [5, 5.41) is 19.3. The number of aromatic carboxylic acids is 1. The van der Waals surface area contributed by atoms with Crippen LogP contribution in [0.15, 0.2) is 29.4 Å². The molecule has 0 fully saturated rings. The Kier molecular flexibility index (Phi) is 13.0. The number of unbranched alkanes of at least 4 members (excludes halogenated alkanes) is 9. The van der Waals surface area contributed by atoms with Crippen LogP contribution in [0.3, 0.4) is 0 Å². The van der Waals surface area contributed by atoms with Gasteiger partial charge in [-0.3, -0.25) is 4.79 Å². The molecule has 0 aliphatic heterocycles. The molecule has 2 rings (SSSR count). The molecule has 0 saturated carbocycles. The average Bonchev–Trinajstić information content (AvgIpc) is 3.14. The Balaban J connectivity index is 2.01. The van der Waals surface area contributed by atoms with E-state index in [1.54, 1.807) is 7.05 Å². The van der Waals surface area contributed by atoms with Gasteiger partial charge in [-0.05, 0) is 30.4 Å². The van der Waals surface area contributed by atoms with Crippen molar-refractivity contribution in [3.8, 4) is 0 Å². The fourth-order valence-corrected chi connectivity index (χ4v) is 5.57. The summed E-state index contributed by atoms with van der Waals surface area (Å²) in [4.78, 5) is 28.6. The summed E-state index contributed by atoms with van der Waals surface area (Å²) in [7, 11) is 1.65. The van der Waals surface area contributed by atoms with Crippen molar-refractivity contribution >= 4 is 23.7 Å². The lowest BCUT2D eigenvalue weighted by Gasteiger charge is -2.16. The van der Waals surface area contributed by atoms with Crippen LogP contribution < -0.4 is 0 Å². The lowest BCUT2D eigenvalue weighted by Crippen LogP contribution is -2.12. The second kappa shape index (κ2) is 15.7. The van der Waals surface area contributed by atoms with Gasteiger partial charge in [0.05, 0.1) is 5.69 Å². The van der Waals surface area contributed by atoms with Gasteiger partial charge >= 0.3 is 11.9 Å². The number of rotatable bonds is 18. The number of benzene rings is 1. The highest BCUT2D eigenvalue weighted by molar-refractivity contribution is 8.00. The Morgan fingerprint density at radius 3 is 2.06 bits per heavy atom. The van der Waals surface area contributed by atoms with Crippen LogP contribution >= 0.6 is 11.8 Å². The quantitative estimate of drug-likeness (QED) is 0.162. The monoisotopic (exact) mass is 502 g/mol. The predicted octanol–water partition coefficient (Wildman–Crippen LogP) is 7.45. The first kappa shape index (κ1) is 29.0. The maximum absolute atomic E-state index is 12.3. The minimum Gasteiger partial charge on any atom is -0.480 e. The molecule has 1 heterocycles. The molecule has 0 radical (unpaired) electrons. The van der Waals surface area contributed by atoms with Gasteiger partial charge in [-0.15, -0.1) is 0 Å². The lowest BCUT2D eigenvalue weighted by molar-refractivity contribution is -0.136. The van der Waals surface area contributed by atoms with Crippen LogP contribution in [0.4, 0.5) is 0 Å². The highest BCUT2D eigenvalue weighted by Gasteiger charge is 2.28. The minimum atomic E-state index is -1.04. The number of carboxylic acid groups (broad SMARTS) is 2. The predicted molar refractivity (Wildman–Crippen MR) is 142 cm³/mol. The first-order valence-electron chi connectivity index (χ1n) is 13.2. The maximum Gasteiger partial charge on any atom is 0.354 e. The molecule has 1 aromatic carbocycles. The van der Waals surface area contributed by atoms with Crippen LogP contribution in [-0.2, 0) is 24.7 Å². The summed E-state index contributed by atoms with van der Waals surface area (Å²) in [5.74, 6) is -1.98. The SMILES string of the molecule is CCCCCCCCCCCCc1ccccc1C(Sc1nc(CCC)c(C(=O)O)n1C)C(=O)O. The second-order valence-corrected chi connectivity index (χ2v) is 10.3. The van der Waals surface area contributed by atoms with Gasteiger partial charge in [0.25, 0.3) is 0 Å². The molecule has 7 heteroatoms. The van der Waals surface area contributed by atoms with E-state index < -0.39 is 17.2 Å². The number of hydrogen-bond donors (Lipinski definition) is 2. The van der Waals surface area contributed by atoms with Crippen LogP contribution in [0.1, 0.15) is 117 Å². The summed E-state index contributed by atoms with van der Waals surface area (Å²) >= 11 is 1.12. The molecule has 0 spiro atoms. The van der Waals surface area contributed by atoms with Gasteiger partial charge in [0.15, 0.2) is 10.9 Å². The number of aliphatic carboxylic acids is 1. The molecule has 0 saturated heterocycles. The standard InChI is InChI=1S/C28H42N2O4S/c1-4-6-7-8-9-10-11-12-13-14-18-21-19-15-16-20-22(21)25(27(33)34)35-28-29-23(17-5-2)24(26(31)32)30(28)3/h15-16,19-20,25H,4-14,17-18H2,1-3H3,(H,31,32)(H,33,34). The Labute approximate surface area is 214 Å². The molecule has 35 heavy (non-hydrogen) atoms. The molecule has 0 bridgehead atoms. The van der Waals surface area contributed by atoms with Crippen LogP contribution in [-0.4, -0.2) is 31.7 Å². The zero-order valence-corrected chi connectivity index (χ0v) is 22.4. The summed E-state index contributed by atoms with van der Waals surface area (Å²) in [6.07, 6.45) is 14.8. The molecule has 0 aliphatic rings. The number of hydrogen-bond acceptors (Lipinski definition) is 4. The van der Waals surface area contributed by atoms with E-state index in [-0.39, 0.29) is 5.69 Å². The van der Waals surface area contributed by atoms with Crippen molar-refractivity contribution in [1.82, 2.24) is 9.55 Å². The topological polar surface area (TPSA) is 92.4 Å². The van der Waals surface area contributed by atoms with Crippen LogP contribution in [0, 0.1) is 0 Å². The third-order valence-corrected chi connectivity index (χ3v) is 7.67. The largest absolute Gasteiger partial charge is 0.480 e. The Bertz CT molecular complexity index is 941. The number of aryl methyl sites for hydroxylation is 2. The van der Waals surface area contributed by atoms with Crippen LogP contribution in [0.2, 0.25) is 0 Å². The molecule has 194 valence electrons. The Hall–Kier alpha value is -2.28. The molecular formula is C28H42N2O4S. The molecule has 0 amide bonds. The van der Waals surface area contributed by atoms with E-state index in [9.17, 15) is 19.8 Å². The van der Waals surface area contributed by atoms with E-state index in [2.05, 4.69) is 11.9 Å². The fourth-order valence-electron chi connectivity index (χ4n) is 4.49. The van der Waals surface area contributed by atoms with Gasteiger partial charge in [-0.25, -0.2) is 9.78 Å². The Morgan fingerprint density at radius 1 is 0.886 bits per heavy atom. The van der Waals surface area contributed by atoms with Crippen molar-refractivity contribution in [1.29, 1.82) is 0 Å². The van der Waals surface area contributed by atoms with Crippen LogP contribution in [0.25, 0.3) is 0 Å². The number of aromatic nitrogens is 2. The van der Waals surface area contributed by atoms with Crippen molar-refractivity contribution in [3.63, 3.8) is 0 Å². The van der Waals surface area contributed by atoms with Crippen molar-refractivity contribution < 1.29 is 19.8 Å². The van der Waals surface area contributed by atoms with Gasteiger partial charge in [-0.1, -0.05) is 114 Å². The van der Waals surface area contributed by atoms with Crippen molar-refractivity contribution in [2.24, 2.45) is 7.05 Å². The summed E-state index contributed by atoms with van der Waals surface area (Å²) in [5.41, 5.74) is 2.47. The zero-order valence-electron chi connectivity index (χ0n) is 21.6. The van der Waals surface area contributed by atoms with E-state index in [4.69, 9.17) is 0 Å². The van der Waals surface area contributed by atoms with Gasteiger partial charge in [0.2, 0.25) is 0 Å². The van der Waals surface area contributed by atoms with E-state index in [1.165, 1.54) is 55.9 Å². The van der Waals surface area contributed by atoms with E-state index >= 15 is 0 Å². The molecule has 2 N–H and O–H groups in total. The molecular weight excluding hydrogens is 460 g/mol. The smallest absolute Gasteiger partial charge is 0.354 e. The molecule has 1 aromatic heterocycles. The molecule has 1 atom stereocenters. The van der Waals surface area contributed by atoms with E-state index in [1.807, 2.05) is 31.2 Å². The van der Waals surface area contributed by atoms with Gasteiger partial charge in [0, 0.05) is 7.05 Å². The van der Waals surface area contributed by atoms with Crippen molar-refractivity contribution in [3.05, 3.63) is 46.8 Å². The number of thioether (sulfide) groups is 1. The molecule has 0 aliphatic carbocycles. The highest BCUT2D eigenvalue weighted by atomic mass is 32.2. The second-order valence-electron chi connectivity index (χ2n) is 9.27. The Morgan fingerprint density at radius 2 is 1.49 bits per heavy atom. The molecule has 2 aromatic rings. The zero-order chi connectivity index (χ0) is 25.6. The number of imidazole rings is 1. The van der Waals surface area contributed by atoms with E-state index in [0.29, 0.717) is 17.3 Å². The van der Waals surface area contributed by atoms with Crippen LogP contribution in [0.5, 0.6) is 0 Å². The maximum atomic E-state index is 12.3. The fraction of sp³-hybridized carbons (Fsp3) is 0.607. The number of carboxylic acids is 2. The first-order valence-corrected chi connectivity index (χ1v) is 14.0. The lowest BCUT2D eigenvalue weighted by atomic mass is 9.98. The van der Waals surface area contributed by atoms with Crippen molar-refractivity contribution in [2.75, 3.05) is 0 Å². The average molecular weight is 503 g/mol. The summed E-state index contributed by atoms with van der Waals surface area (Å²) in [6.45, 7) is 4.21. The highest BCUT2D eigenvalue weighted by Crippen LogP contribution is 2.38. The van der Waals surface area contributed by atoms with E-state index in [0.717, 1.165) is 48.6 Å². The van der Waals surface area contributed by atoms with Gasteiger partial charge < -0.3 is 14.8 Å². The third kappa shape index (κ3) is 9.02. The summed E-state index contributed by atoms with van der Waals surface area (Å²) in [6, 6.07) is 7.73. The molecule has 1 unspecified atom stereocenters. The molecule has 6 nitrogen and oxygen atoms in total. The number of carbonyl (C=O) groups is 2. The summed E-state index contributed by atoms with van der Waals surface area (Å²) < 4.78 is 1.51. The first-order chi connectivity index (χ1) is 16.9. The minimum absolute atomic E-state index is 0.136. The van der Waals surface area contributed by atoms with Gasteiger partial charge in [-0.2, -0.15) is 0 Å². The van der Waals surface area contributed by atoms with Crippen molar-refractivity contribution in [2.45, 2.75) is 108 Å². The number of nitrogens with zero attached hydrogens (tertiary/aromatic N) is 2. The normalized spacial score (nSPS) is 12.1. The van der Waals surface area contributed by atoms with Gasteiger partial charge in [0.1, 0.15) is 5.25 Å².